The molecule has 0 bridgehead atoms. The summed E-state index contributed by atoms with van der Waals surface area (Å²) in [4.78, 5) is -0.872. The predicted octanol–water partition coefficient (Wildman–Crippen LogP) is 1.76. The fraction of sp³-hybridized carbons (Fsp3) is 0.200. The first-order valence-electron chi connectivity index (χ1n) is 5.43. The topological polar surface area (TPSA) is 98.0 Å². The molecule has 108 valence electrons. The molecule has 0 aliphatic heterocycles. The Morgan fingerprint density at radius 2 is 2.05 bits per heavy atom. The number of nitrogens with zero attached hydrogens (tertiary/aromatic N) is 2. The monoisotopic (exact) mass is 320 g/mol. The Morgan fingerprint density at radius 3 is 2.65 bits per heavy atom. The molecule has 3 N–H and O–H groups in total. The maximum Gasteiger partial charge on any atom is 0.266 e. The highest BCUT2D eigenvalue weighted by molar-refractivity contribution is 7.93. The van der Waals surface area contributed by atoms with Crippen molar-refractivity contribution < 1.29 is 17.2 Å². The van der Waals surface area contributed by atoms with E-state index in [1.54, 1.807) is 0 Å². The maximum absolute atomic E-state index is 13.6. The second-order valence-electron chi connectivity index (χ2n) is 3.77. The number of nitrogens with one attached hydrogen (secondary N) is 1. The normalized spacial score (nSPS) is 11.6. The predicted molar refractivity (Wildman–Crippen MR) is 70.9 cm³/mol. The van der Waals surface area contributed by atoms with E-state index in [1.165, 1.54) is 0 Å². The quantitative estimate of drug-likeness (QED) is 0.837. The van der Waals surface area contributed by atoms with Crippen molar-refractivity contribution in [3.05, 3.63) is 28.8 Å². The molecular formula is C10H10F2N4O2S2. The first-order valence-corrected chi connectivity index (χ1v) is 7.73. The minimum Gasteiger partial charge on any atom is -0.399 e. The standard InChI is InChI=1S/C10H10F2N4O2S2/c1-2-8-14-15-10(19-8)16-20(17,18)7-4-5(13)3-6(11)9(7)12/h3-4H,2,13H2,1H3,(H,15,16). The molecule has 0 saturated heterocycles. The van der Waals surface area contributed by atoms with Crippen LogP contribution >= 0.6 is 11.3 Å². The lowest BCUT2D eigenvalue weighted by molar-refractivity contribution is 0.486. The lowest BCUT2D eigenvalue weighted by Gasteiger charge is -2.07. The van der Waals surface area contributed by atoms with Gasteiger partial charge in [-0.2, -0.15) is 0 Å². The van der Waals surface area contributed by atoms with Gasteiger partial charge >= 0.3 is 0 Å². The van der Waals surface area contributed by atoms with Gasteiger partial charge in [-0.1, -0.05) is 18.3 Å². The highest BCUT2D eigenvalue weighted by atomic mass is 32.2. The molecule has 0 unspecified atom stereocenters. The summed E-state index contributed by atoms with van der Waals surface area (Å²) in [7, 11) is -4.32. The van der Waals surface area contributed by atoms with E-state index in [4.69, 9.17) is 5.73 Å². The van der Waals surface area contributed by atoms with E-state index >= 15 is 0 Å². The Hall–Kier alpha value is -1.81. The van der Waals surface area contributed by atoms with Gasteiger partial charge in [0.2, 0.25) is 5.13 Å². The zero-order valence-electron chi connectivity index (χ0n) is 10.2. The van der Waals surface area contributed by atoms with Gasteiger partial charge in [-0.05, 0) is 18.6 Å². The van der Waals surface area contributed by atoms with Crippen molar-refractivity contribution in [3.63, 3.8) is 0 Å². The average Bonchev–Trinajstić information content (AvgIpc) is 2.80. The van der Waals surface area contributed by atoms with Crippen molar-refractivity contribution in [1.82, 2.24) is 10.2 Å². The number of nitrogen functional groups attached to an aromatic ring is 1. The van der Waals surface area contributed by atoms with E-state index in [0.717, 1.165) is 17.4 Å². The van der Waals surface area contributed by atoms with Crippen molar-refractivity contribution in [1.29, 1.82) is 0 Å². The van der Waals surface area contributed by atoms with Crippen molar-refractivity contribution in [3.8, 4) is 0 Å². The van der Waals surface area contributed by atoms with Gasteiger partial charge in [0.25, 0.3) is 10.0 Å². The molecule has 1 heterocycles. The van der Waals surface area contributed by atoms with Crippen molar-refractivity contribution in [2.45, 2.75) is 18.2 Å². The Morgan fingerprint density at radius 1 is 1.35 bits per heavy atom. The van der Waals surface area contributed by atoms with E-state index in [1.807, 2.05) is 11.6 Å². The molecular weight excluding hydrogens is 310 g/mol. The third-order valence-electron chi connectivity index (χ3n) is 2.30. The fourth-order valence-electron chi connectivity index (χ4n) is 1.39. The highest BCUT2D eigenvalue weighted by Gasteiger charge is 2.24. The van der Waals surface area contributed by atoms with E-state index in [2.05, 4.69) is 10.2 Å². The summed E-state index contributed by atoms with van der Waals surface area (Å²) in [6.45, 7) is 1.83. The third kappa shape index (κ3) is 2.85. The molecule has 0 atom stereocenters. The fourth-order valence-corrected chi connectivity index (χ4v) is 3.42. The van der Waals surface area contributed by atoms with Crippen LogP contribution in [0.2, 0.25) is 0 Å². The Bertz CT molecular complexity index is 746. The summed E-state index contributed by atoms with van der Waals surface area (Å²) in [5, 5.41) is 7.91. The molecule has 0 aliphatic carbocycles. The van der Waals surface area contributed by atoms with Crippen LogP contribution in [0.25, 0.3) is 0 Å². The second-order valence-corrected chi connectivity index (χ2v) is 6.49. The van der Waals surface area contributed by atoms with Crippen molar-refractivity contribution >= 4 is 32.2 Å². The number of sulfonamides is 1. The maximum atomic E-state index is 13.6. The van der Waals surface area contributed by atoms with Crippen LogP contribution in [0.15, 0.2) is 17.0 Å². The number of hydrogen-bond acceptors (Lipinski definition) is 6. The van der Waals surface area contributed by atoms with Crippen molar-refractivity contribution in [2.75, 3.05) is 10.5 Å². The Balaban J connectivity index is 2.40. The highest BCUT2D eigenvalue weighted by Crippen LogP contribution is 2.25. The molecule has 10 heteroatoms. The van der Waals surface area contributed by atoms with E-state index in [0.29, 0.717) is 17.5 Å². The van der Waals surface area contributed by atoms with Gasteiger partial charge in [0.1, 0.15) is 9.90 Å². The molecule has 1 aromatic heterocycles. The van der Waals surface area contributed by atoms with Gasteiger partial charge in [0.15, 0.2) is 11.6 Å². The van der Waals surface area contributed by atoms with Crippen LogP contribution in [0.1, 0.15) is 11.9 Å². The zero-order chi connectivity index (χ0) is 14.9. The molecule has 20 heavy (non-hydrogen) atoms. The van der Waals surface area contributed by atoms with Gasteiger partial charge < -0.3 is 5.73 Å². The number of nitrogens with two attached hydrogens (primary N) is 1. The van der Waals surface area contributed by atoms with Gasteiger partial charge in [0, 0.05) is 5.69 Å². The minimum absolute atomic E-state index is 0.0240. The van der Waals surface area contributed by atoms with Crippen molar-refractivity contribution in [2.24, 2.45) is 0 Å². The molecule has 0 amide bonds. The van der Waals surface area contributed by atoms with Crippen LogP contribution in [0.3, 0.4) is 0 Å². The number of aryl methyl sites for hydroxylation is 1. The van der Waals surface area contributed by atoms with Gasteiger partial charge in [-0.25, -0.2) is 17.2 Å². The average molecular weight is 320 g/mol. The first-order chi connectivity index (χ1) is 9.33. The molecule has 6 nitrogen and oxygen atoms in total. The lowest BCUT2D eigenvalue weighted by atomic mass is 10.3. The lowest BCUT2D eigenvalue weighted by Crippen LogP contribution is -2.15. The van der Waals surface area contributed by atoms with Crippen LogP contribution in [0.5, 0.6) is 0 Å². The number of halogens is 2. The molecule has 0 saturated carbocycles. The largest absolute Gasteiger partial charge is 0.399 e. The van der Waals surface area contributed by atoms with E-state index < -0.39 is 26.6 Å². The first kappa shape index (κ1) is 14.6. The number of benzene rings is 1. The number of aromatic nitrogens is 2. The molecule has 2 rings (SSSR count). The zero-order valence-corrected chi connectivity index (χ0v) is 11.9. The summed E-state index contributed by atoms with van der Waals surface area (Å²) in [5.41, 5.74) is 5.12. The summed E-state index contributed by atoms with van der Waals surface area (Å²) in [5.74, 6) is -2.83. The van der Waals surface area contributed by atoms with Crippen LogP contribution in [0.4, 0.5) is 19.6 Å². The Kier molecular flexibility index (Phi) is 3.86. The third-order valence-corrected chi connectivity index (χ3v) is 4.75. The second kappa shape index (κ2) is 5.29. The molecule has 0 fully saturated rings. The Labute approximate surface area is 117 Å². The number of hydrogen-bond donors (Lipinski definition) is 2. The number of rotatable bonds is 4. The summed E-state index contributed by atoms with van der Waals surface area (Å²) < 4.78 is 52.8. The molecule has 0 radical (unpaired) electrons. The smallest absolute Gasteiger partial charge is 0.266 e. The van der Waals surface area contributed by atoms with Gasteiger partial charge in [-0.15, -0.1) is 10.2 Å². The summed E-state index contributed by atoms with van der Waals surface area (Å²) in [6.07, 6.45) is 0.584. The summed E-state index contributed by atoms with van der Waals surface area (Å²) in [6, 6.07) is 1.54. The van der Waals surface area contributed by atoms with Crippen LogP contribution < -0.4 is 10.5 Å². The van der Waals surface area contributed by atoms with Gasteiger partial charge in [0.05, 0.1) is 0 Å². The molecule has 2 aromatic rings. The van der Waals surface area contributed by atoms with E-state index in [-0.39, 0.29) is 10.8 Å². The minimum atomic E-state index is -4.32. The van der Waals surface area contributed by atoms with Crippen LogP contribution in [0, 0.1) is 11.6 Å². The molecule has 0 aliphatic rings. The molecule has 1 aromatic carbocycles. The van der Waals surface area contributed by atoms with E-state index in [9.17, 15) is 17.2 Å². The van der Waals surface area contributed by atoms with Crippen LogP contribution in [-0.2, 0) is 16.4 Å². The SMILES string of the molecule is CCc1nnc(NS(=O)(=O)c2cc(N)cc(F)c2F)s1. The number of anilines is 2. The van der Waals surface area contributed by atoms with Crippen LogP contribution in [-0.4, -0.2) is 18.6 Å². The van der Waals surface area contributed by atoms with Gasteiger partial charge in [-0.3, -0.25) is 4.72 Å². The summed E-state index contributed by atoms with van der Waals surface area (Å²) >= 11 is 1.01. The molecule has 0 spiro atoms.